The van der Waals surface area contributed by atoms with Crippen LogP contribution in [-0.4, -0.2) is 38.0 Å². The largest absolute Gasteiger partial charge is 0.356 e. The Morgan fingerprint density at radius 3 is 2.72 bits per heavy atom. The minimum absolute atomic E-state index is 0.118. The van der Waals surface area contributed by atoms with E-state index in [1.165, 1.54) is 11.1 Å². The van der Waals surface area contributed by atoms with Crippen molar-refractivity contribution in [3.8, 4) is 0 Å². The highest BCUT2D eigenvalue weighted by atomic mass is 32.2. The van der Waals surface area contributed by atoms with Gasteiger partial charge < -0.3 is 9.88 Å². The second kappa shape index (κ2) is 10.6. The highest BCUT2D eigenvalue weighted by Gasteiger charge is 2.15. The number of nitrogens with zero attached hydrogens (tertiary/aromatic N) is 4. The summed E-state index contributed by atoms with van der Waals surface area (Å²) in [7, 11) is 0. The maximum atomic E-state index is 11.9. The molecule has 0 bridgehead atoms. The number of aromatic nitrogens is 4. The molecule has 1 amide bonds. The summed E-state index contributed by atoms with van der Waals surface area (Å²) in [6.45, 7) is 5.75. The lowest BCUT2D eigenvalue weighted by Crippen LogP contribution is -2.24. The first-order valence-corrected chi connectivity index (χ1v) is 12.2. The standard InChI is InChI=1S/C25H29N5OS/c1-3-4-15-26-22(31)14-9-16-32-25-27-24-23(28-29-25)20-12-7-8-13-21(20)30(24)17-19-11-6-5-10-18(19)2/h5-8,10-13H,3-4,9,14-17H2,1-2H3,(H,26,31). The van der Waals surface area contributed by atoms with Crippen molar-refractivity contribution >= 4 is 39.7 Å². The second-order valence-electron chi connectivity index (χ2n) is 7.95. The number of carbonyl (C=O) groups is 1. The van der Waals surface area contributed by atoms with Gasteiger partial charge in [0.2, 0.25) is 11.1 Å². The van der Waals surface area contributed by atoms with Gasteiger partial charge in [-0.05, 0) is 37.0 Å². The first kappa shape index (κ1) is 22.3. The van der Waals surface area contributed by atoms with E-state index in [1.54, 1.807) is 11.8 Å². The average molecular weight is 448 g/mol. The summed E-state index contributed by atoms with van der Waals surface area (Å²) in [5, 5.41) is 13.6. The van der Waals surface area contributed by atoms with E-state index in [0.717, 1.165) is 60.2 Å². The zero-order valence-corrected chi connectivity index (χ0v) is 19.5. The lowest BCUT2D eigenvalue weighted by Gasteiger charge is -2.09. The van der Waals surface area contributed by atoms with Gasteiger partial charge in [-0.3, -0.25) is 4.79 Å². The van der Waals surface area contributed by atoms with Gasteiger partial charge in [0.1, 0.15) is 5.52 Å². The number of hydrogen-bond acceptors (Lipinski definition) is 5. The van der Waals surface area contributed by atoms with Crippen LogP contribution in [0.15, 0.2) is 53.7 Å². The molecular formula is C25H29N5OS. The van der Waals surface area contributed by atoms with E-state index in [0.29, 0.717) is 11.6 Å². The number of para-hydroxylation sites is 1. The van der Waals surface area contributed by atoms with Crippen LogP contribution in [0.25, 0.3) is 22.1 Å². The predicted molar refractivity (Wildman–Crippen MR) is 131 cm³/mol. The number of thioether (sulfide) groups is 1. The van der Waals surface area contributed by atoms with E-state index in [4.69, 9.17) is 4.98 Å². The van der Waals surface area contributed by atoms with E-state index in [9.17, 15) is 4.79 Å². The Bertz CT molecular complexity index is 1220. The number of amides is 1. The summed E-state index contributed by atoms with van der Waals surface area (Å²) < 4.78 is 2.23. The predicted octanol–water partition coefficient (Wildman–Crippen LogP) is 5.12. The molecule has 4 aromatic rings. The SMILES string of the molecule is CCCCNC(=O)CCCSc1nnc2c3ccccc3n(Cc3ccccc3C)c2n1. The minimum Gasteiger partial charge on any atom is -0.356 e. The van der Waals surface area contributed by atoms with E-state index in [1.807, 2.05) is 12.1 Å². The molecule has 0 fully saturated rings. The molecule has 0 saturated heterocycles. The fraction of sp³-hybridized carbons (Fsp3) is 0.360. The highest BCUT2D eigenvalue weighted by Crippen LogP contribution is 2.28. The van der Waals surface area contributed by atoms with Crippen LogP contribution in [0.1, 0.15) is 43.7 Å². The number of hydrogen-bond donors (Lipinski definition) is 1. The Morgan fingerprint density at radius 1 is 1.06 bits per heavy atom. The Kier molecular flexibility index (Phi) is 7.37. The van der Waals surface area contributed by atoms with Crippen molar-refractivity contribution in [1.29, 1.82) is 0 Å². The van der Waals surface area contributed by atoms with Gasteiger partial charge in [0.25, 0.3) is 0 Å². The van der Waals surface area contributed by atoms with Crippen LogP contribution in [-0.2, 0) is 11.3 Å². The number of nitrogens with one attached hydrogen (secondary N) is 1. The third-order valence-electron chi connectivity index (χ3n) is 5.58. The molecule has 32 heavy (non-hydrogen) atoms. The molecule has 0 aliphatic heterocycles. The monoisotopic (exact) mass is 447 g/mol. The first-order chi connectivity index (χ1) is 15.7. The molecule has 6 nitrogen and oxygen atoms in total. The van der Waals surface area contributed by atoms with Gasteiger partial charge in [0, 0.05) is 30.6 Å². The molecule has 166 valence electrons. The molecule has 0 spiro atoms. The molecule has 2 aromatic carbocycles. The highest BCUT2D eigenvalue weighted by molar-refractivity contribution is 7.99. The maximum absolute atomic E-state index is 11.9. The van der Waals surface area contributed by atoms with Crippen molar-refractivity contribution in [3.05, 3.63) is 59.7 Å². The molecule has 0 saturated carbocycles. The van der Waals surface area contributed by atoms with Crippen LogP contribution < -0.4 is 5.32 Å². The van der Waals surface area contributed by atoms with Crippen LogP contribution in [0.4, 0.5) is 0 Å². The summed E-state index contributed by atoms with van der Waals surface area (Å²) >= 11 is 1.56. The van der Waals surface area contributed by atoms with Crippen LogP contribution in [0, 0.1) is 6.92 Å². The van der Waals surface area contributed by atoms with Crippen molar-refractivity contribution in [1.82, 2.24) is 25.1 Å². The number of rotatable bonds is 10. The second-order valence-corrected chi connectivity index (χ2v) is 9.01. The fourth-order valence-corrected chi connectivity index (χ4v) is 4.48. The van der Waals surface area contributed by atoms with Gasteiger partial charge >= 0.3 is 0 Å². The van der Waals surface area contributed by atoms with E-state index in [-0.39, 0.29) is 5.91 Å². The van der Waals surface area contributed by atoms with Crippen LogP contribution >= 0.6 is 11.8 Å². The summed E-state index contributed by atoms with van der Waals surface area (Å²) in [4.78, 5) is 16.7. The number of carbonyl (C=O) groups excluding carboxylic acids is 1. The Morgan fingerprint density at radius 2 is 1.88 bits per heavy atom. The van der Waals surface area contributed by atoms with E-state index >= 15 is 0 Å². The van der Waals surface area contributed by atoms with Crippen LogP contribution in [0.3, 0.4) is 0 Å². The zero-order valence-electron chi connectivity index (χ0n) is 18.7. The number of unbranched alkanes of at least 4 members (excludes halogenated alkanes) is 1. The molecule has 2 aromatic heterocycles. The van der Waals surface area contributed by atoms with Gasteiger partial charge in [0.05, 0.1) is 5.52 Å². The molecule has 0 aliphatic rings. The average Bonchev–Trinajstić information content (AvgIpc) is 3.11. The Hall–Kier alpha value is -2.93. The van der Waals surface area contributed by atoms with Crippen molar-refractivity contribution in [2.45, 2.75) is 51.2 Å². The summed E-state index contributed by atoms with van der Waals surface area (Å²) in [5.41, 5.74) is 5.31. The summed E-state index contributed by atoms with van der Waals surface area (Å²) in [6, 6.07) is 16.7. The van der Waals surface area contributed by atoms with Crippen molar-refractivity contribution in [2.75, 3.05) is 12.3 Å². The van der Waals surface area contributed by atoms with Gasteiger partial charge in [0.15, 0.2) is 5.65 Å². The molecule has 7 heteroatoms. The fourth-order valence-electron chi connectivity index (χ4n) is 3.76. The first-order valence-electron chi connectivity index (χ1n) is 11.2. The maximum Gasteiger partial charge on any atom is 0.220 e. The molecule has 4 rings (SSSR count). The summed E-state index contributed by atoms with van der Waals surface area (Å²) in [5.74, 6) is 0.902. The number of fused-ring (bicyclic) bond motifs is 3. The Labute approximate surface area is 192 Å². The van der Waals surface area contributed by atoms with Crippen molar-refractivity contribution in [3.63, 3.8) is 0 Å². The smallest absolute Gasteiger partial charge is 0.220 e. The molecule has 0 radical (unpaired) electrons. The van der Waals surface area contributed by atoms with Crippen LogP contribution in [0.5, 0.6) is 0 Å². The third-order valence-corrected chi connectivity index (χ3v) is 6.50. The number of benzene rings is 2. The van der Waals surface area contributed by atoms with E-state index in [2.05, 4.69) is 70.3 Å². The third kappa shape index (κ3) is 5.10. The van der Waals surface area contributed by atoms with Crippen LogP contribution in [0.2, 0.25) is 0 Å². The lowest BCUT2D eigenvalue weighted by atomic mass is 10.1. The topological polar surface area (TPSA) is 72.7 Å². The Balaban J connectivity index is 1.52. The molecule has 0 unspecified atom stereocenters. The molecule has 2 heterocycles. The van der Waals surface area contributed by atoms with Crippen molar-refractivity contribution < 1.29 is 4.79 Å². The normalized spacial score (nSPS) is 11.3. The van der Waals surface area contributed by atoms with Gasteiger partial charge in [-0.1, -0.05) is 67.6 Å². The quantitative estimate of drug-likeness (QED) is 0.270. The zero-order chi connectivity index (χ0) is 22.3. The van der Waals surface area contributed by atoms with Gasteiger partial charge in [-0.25, -0.2) is 4.98 Å². The van der Waals surface area contributed by atoms with Gasteiger partial charge in [-0.2, -0.15) is 0 Å². The molecule has 1 N–H and O–H groups in total. The lowest BCUT2D eigenvalue weighted by molar-refractivity contribution is -0.121. The number of aryl methyl sites for hydroxylation is 1. The molecule has 0 atom stereocenters. The molecule has 0 aliphatic carbocycles. The van der Waals surface area contributed by atoms with Crippen molar-refractivity contribution in [2.24, 2.45) is 0 Å². The van der Waals surface area contributed by atoms with Gasteiger partial charge in [-0.15, -0.1) is 10.2 Å². The molecular weight excluding hydrogens is 418 g/mol. The minimum atomic E-state index is 0.118. The summed E-state index contributed by atoms with van der Waals surface area (Å²) in [6.07, 6.45) is 3.43. The van der Waals surface area contributed by atoms with E-state index < -0.39 is 0 Å².